The number of likely N-dealkylation sites (N-methyl/N-ethyl adjacent to an activating group) is 1. The van der Waals surface area contributed by atoms with E-state index in [1.165, 1.54) is 30.1 Å². The van der Waals surface area contributed by atoms with E-state index in [-0.39, 0.29) is 29.7 Å². The Morgan fingerprint density at radius 2 is 2.27 bits per heavy atom. The van der Waals surface area contributed by atoms with Crippen molar-refractivity contribution >= 4 is 34.9 Å². The third-order valence-electron chi connectivity index (χ3n) is 3.18. The fraction of sp³-hybridized carbons (Fsp3) is 0.357. The van der Waals surface area contributed by atoms with Gasteiger partial charge in [-0.1, -0.05) is 11.6 Å². The zero-order chi connectivity index (χ0) is 16.3. The summed E-state index contributed by atoms with van der Waals surface area (Å²) in [6, 6.07) is 3.32. The van der Waals surface area contributed by atoms with Gasteiger partial charge < -0.3 is 9.64 Å². The van der Waals surface area contributed by atoms with Gasteiger partial charge >= 0.3 is 5.97 Å². The molecule has 1 N–H and O–H groups in total. The van der Waals surface area contributed by atoms with Gasteiger partial charge in [-0.05, 0) is 25.1 Å². The summed E-state index contributed by atoms with van der Waals surface area (Å²) in [4.78, 5) is 25.3. The number of nitrogens with one attached hydrogen (secondary N) is 1. The van der Waals surface area contributed by atoms with Crippen LogP contribution in [-0.2, 0) is 14.3 Å². The average molecular weight is 328 g/mol. The minimum Gasteiger partial charge on any atom is -0.461 e. The maximum Gasteiger partial charge on any atom is 0.354 e. The van der Waals surface area contributed by atoms with Crippen LogP contribution in [0.4, 0.5) is 10.1 Å². The van der Waals surface area contributed by atoms with Gasteiger partial charge in [0.25, 0.3) is 5.91 Å². The molecular formula is C14H15ClFN3O3. The van der Waals surface area contributed by atoms with Crippen LogP contribution in [0.3, 0.4) is 0 Å². The molecule has 0 fully saturated rings. The predicted octanol–water partition coefficient (Wildman–Crippen LogP) is 1.72. The smallest absolute Gasteiger partial charge is 0.354 e. The molecule has 0 spiro atoms. The van der Waals surface area contributed by atoms with Crippen molar-refractivity contribution in [3.8, 4) is 0 Å². The molecule has 0 saturated heterocycles. The van der Waals surface area contributed by atoms with Crippen molar-refractivity contribution in [1.82, 2.24) is 5.43 Å². The molecule has 1 aliphatic rings. The first kappa shape index (κ1) is 16.2. The molecular weight excluding hydrogens is 313 g/mol. The molecule has 22 heavy (non-hydrogen) atoms. The minimum absolute atomic E-state index is 0.0695. The van der Waals surface area contributed by atoms with E-state index in [0.29, 0.717) is 5.69 Å². The summed E-state index contributed by atoms with van der Waals surface area (Å²) in [5.41, 5.74) is 3.23. The normalized spacial score (nSPS) is 16.7. The van der Waals surface area contributed by atoms with Gasteiger partial charge in [0.05, 0.1) is 11.6 Å². The molecule has 6 nitrogen and oxygen atoms in total. The minimum atomic E-state index is -0.673. The molecule has 118 valence electrons. The van der Waals surface area contributed by atoms with Crippen LogP contribution in [0.15, 0.2) is 23.3 Å². The number of carbonyl (C=O) groups is 2. The summed E-state index contributed by atoms with van der Waals surface area (Å²) in [7, 11) is 1.54. The molecule has 1 aliphatic heterocycles. The Balaban J connectivity index is 2.03. The van der Waals surface area contributed by atoms with E-state index in [9.17, 15) is 14.0 Å². The lowest BCUT2D eigenvalue weighted by atomic mass is 10.1. The Hall–Kier alpha value is -2.15. The van der Waals surface area contributed by atoms with Crippen molar-refractivity contribution in [1.29, 1.82) is 0 Å². The van der Waals surface area contributed by atoms with Crippen molar-refractivity contribution < 1.29 is 18.7 Å². The first-order chi connectivity index (χ1) is 10.4. The zero-order valence-electron chi connectivity index (χ0n) is 12.1. The fourth-order valence-corrected chi connectivity index (χ4v) is 2.16. The van der Waals surface area contributed by atoms with Crippen LogP contribution in [-0.4, -0.2) is 37.3 Å². The van der Waals surface area contributed by atoms with Crippen LogP contribution in [0.2, 0.25) is 5.02 Å². The Bertz CT molecular complexity index is 636. The number of hydrogen-bond donors (Lipinski definition) is 1. The van der Waals surface area contributed by atoms with E-state index in [1.807, 2.05) is 0 Å². The van der Waals surface area contributed by atoms with Crippen molar-refractivity contribution in [2.75, 3.05) is 18.6 Å². The van der Waals surface area contributed by atoms with Crippen LogP contribution in [0.5, 0.6) is 0 Å². The molecule has 1 unspecified atom stereocenters. The molecule has 1 aromatic carbocycles. The van der Waals surface area contributed by atoms with Gasteiger partial charge in [0.2, 0.25) is 0 Å². The SMILES string of the molecule is CCOC(=O)C1=NNC(C(=O)N(C)c2ccc(F)c(Cl)c2)C1. The van der Waals surface area contributed by atoms with E-state index < -0.39 is 17.8 Å². The first-order valence-electron chi connectivity index (χ1n) is 6.65. The number of rotatable bonds is 4. The second-order valence-corrected chi connectivity index (χ2v) is 5.07. The van der Waals surface area contributed by atoms with Crippen LogP contribution < -0.4 is 10.3 Å². The monoisotopic (exact) mass is 327 g/mol. The summed E-state index contributed by atoms with van der Waals surface area (Å²) in [6.45, 7) is 1.93. The van der Waals surface area contributed by atoms with E-state index in [0.717, 1.165) is 0 Å². The van der Waals surface area contributed by atoms with E-state index >= 15 is 0 Å². The third-order valence-corrected chi connectivity index (χ3v) is 3.47. The molecule has 1 amide bonds. The largest absolute Gasteiger partial charge is 0.461 e. The number of nitrogens with zero attached hydrogens (tertiary/aromatic N) is 2. The van der Waals surface area contributed by atoms with Crippen LogP contribution in [0, 0.1) is 5.82 Å². The Morgan fingerprint density at radius 3 is 2.91 bits per heavy atom. The molecule has 0 saturated carbocycles. The van der Waals surface area contributed by atoms with Gasteiger partial charge in [-0.2, -0.15) is 5.10 Å². The predicted molar refractivity (Wildman–Crippen MR) is 80.4 cm³/mol. The number of amides is 1. The van der Waals surface area contributed by atoms with Gasteiger partial charge in [0, 0.05) is 19.2 Å². The molecule has 1 aromatic rings. The van der Waals surface area contributed by atoms with Crippen molar-refractivity contribution in [3.63, 3.8) is 0 Å². The lowest BCUT2D eigenvalue weighted by molar-refractivity contribution is -0.135. The summed E-state index contributed by atoms with van der Waals surface area (Å²) in [5, 5.41) is 3.75. The van der Waals surface area contributed by atoms with Crippen molar-refractivity contribution in [3.05, 3.63) is 29.0 Å². The van der Waals surface area contributed by atoms with Gasteiger partial charge in [-0.25, -0.2) is 9.18 Å². The molecule has 8 heteroatoms. The van der Waals surface area contributed by atoms with Gasteiger partial charge in [-0.3, -0.25) is 10.2 Å². The average Bonchev–Trinajstić information content (AvgIpc) is 2.99. The molecule has 0 aromatic heterocycles. The number of carbonyl (C=O) groups excluding carboxylic acids is 2. The van der Waals surface area contributed by atoms with E-state index in [4.69, 9.17) is 16.3 Å². The second-order valence-electron chi connectivity index (χ2n) is 4.66. The number of hydrogen-bond acceptors (Lipinski definition) is 5. The number of halogens is 2. The lowest BCUT2D eigenvalue weighted by Crippen LogP contribution is -2.41. The molecule has 0 radical (unpaired) electrons. The summed E-state index contributed by atoms with van der Waals surface area (Å²) < 4.78 is 18.0. The highest BCUT2D eigenvalue weighted by atomic mass is 35.5. The topological polar surface area (TPSA) is 71.0 Å². The highest BCUT2D eigenvalue weighted by Crippen LogP contribution is 2.23. The Morgan fingerprint density at radius 1 is 1.55 bits per heavy atom. The molecule has 1 heterocycles. The molecule has 2 rings (SSSR count). The number of ether oxygens (including phenoxy) is 1. The van der Waals surface area contributed by atoms with Crippen molar-refractivity contribution in [2.24, 2.45) is 5.10 Å². The summed E-state index contributed by atoms with van der Waals surface area (Å²) in [6.07, 6.45) is 0.136. The standard InChI is InChI=1S/C14H15ClFN3O3/c1-3-22-14(21)12-7-11(17-18-12)13(20)19(2)8-4-5-10(16)9(15)6-8/h4-6,11,17H,3,7H2,1-2H3. The highest BCUT2D eigenvalue weighted by Gasteiger charge is 2.32. The van der Waals surface area contributed by atoms with Crippen LogP contribution in [0.25, 0.3) is 0 Å². The van der Waals surface area contributed by atoms with E-state index in [1.54, 1.807) is 6.92 Å². The fourth-order valence-electron chi connectivity index (χ4n) is 1.98. The maximum atomic E-state index is 13.2. The van der Waals surface area contributed by atoms with Crippen LogP contribution in [0.1, 0.15) is 13.3 Å². The number of esters is 1. The van der Waals surface area contributed by atoms with Gasteiger partial charge in [0.1, 0.15) is 17.6 Å². The first-order valence-corrected chi connectivity index (χ1v) is 7.03. The van der Waals surface area contributed by atoms with Gasteiger partial charge in [-0.15, -0.1) is 0 Å². The van der Waals surface area contributed by atoms with Crippen LogP contribution >= 0.6 is 11.6 Å². The third kappa shape index (κ3) is 3.36. The number of benzene rings is 1. The van der Waals surface area contributed by atoms with Gasteiger partial charge in [0.15, 0.2) is 0 Å². The van der Waals surface area contributed by atoms with Crippen molar-refractivity contribution in [2.45, 2.75) is 19.4 Å². The molecule has 0 bridgehead atoms. The molecule has 0 aliphatic carbocycles. The lowest BCUT2D eigenvalue weighted by Gasteiger charge is -2.21. The van der Waals surface area contributed by atoms with E-state index in [2.05, 4.69) is 10.5 Å². The number of anilines is 1. The molecule has 1 atom stereocenters. The number of hydrazone groups is 1. The quantitative estimate of drug-likeness (QED) is 0.855. The zero-order valence-corrected chi connectivity index (χ0v) is 12.9. The Kier molecular flexibility index (Phi) is 4.97. The Labute approximate surface area is 131 Å². The highest BCUT2D eigenvalue weighted by molar-refractivity contribution is 6.37. The maximum absolute atomic E-state index is 13.2. The summed E-state index contributed by atoms with van der Waals surface area (Å²) >= 11 is 5.71. The summed E-state index contributed by atoms with van der Waals surface area (Å²) in [5.74, 6) is -1.42. The second kappa shape index (κ2) is 6.74.